The molecule has 0 amide bonds. The maximum atomic E-state index is 11.9. The third-order valence-electron chi connectivity index (χ3n) is 19.0. The summed E-state index contributed by atoms with van der Waals surface area (Å²) >= 11 is 0. The van der Waals surface area contributed by atoms with E-state index in [2.05, 4.69) is 32.9 Å². The molecule has 0 saturated heterocycles. The first kappa shape index (κ1) is 80.1. The molecule has 0 rings (SSSR count). The van der Waals surface area contributed by atoms with Gasteiger partial charge in [-0.2, -0.15) is 0 Å². The molecule has 81 heavy (non-hydrogen) atoms. The molecule has 0 spiro atoms. The van der Waals surface area contributed by atoms with Gasteiger partial charge in [0.2, 0.25) is 0 Å². The van der Waals surface area contributed by atoms with Crippen LogP contribution in [0.4, 0.5) is 0 Å². The molecule has 0 heterocycles. The number of hydrogen-bond donors (Lipinski definition) is 3. The lowest BCUT2D eigenvalue weighted by molar-refractivity contribution is -0.146. The lowest BCUT2D eigenvalue weighted by Crippen LogP contribution is -2.28. The number of aliphatic hydroxyl groups excluding tert-OH is 2. The minimum atomic E-state index is -0.803. The summed E-state index contributed by atoms with van der Waals surface area (Å²) in [6, 6.07) is 0. The zero-order chi connectivity index (χ0) is 58.7. The molecule has 0 aliphatic rings. The molecule has 0 aliphatic heterocycles. The topological polar surface area (TPSA) is 77.8 Å². The van der Waals surface area contributed by atoms with Crippen LogP contribution in [0.1, 0.15) is 451 Å². The number of hydrogen-bond acceptors (Lipinski definition) is 3. The molecular formula is C77H152O4. The Hall–Kier alpha value is -0.870. The van der Waals surface area contributed by atoms with Crippen LogP contribution >= 0.6 is 0 Å². The van der Waals surface area contributed by atoms with E-state index in [9.17, 15) is 20.1 Å². The van der Waals surface area contributed by atoms with Gasteiger partial charge >= 0.3 is 5.97 Å². The van der Waals surface area contributed by atoms with Crippen molar-refractivity contribution in [1.82, 2.24) is 0 Å². The van der Waals surface area contributed by atoms with Crippen molar-refractivity contribution in [3.05, 3.63) is 12.2 Å². The maximum absolute atomic E-state index is 11.9. The fourth-order valence-corrected chi connectivity index (χ4v) is 13.0. The molecule has 0 aromatic rings. The van der Waals surface area contributed by atoms with E-state index in [1.807, 2.05) is 0 Å². The summed E-state index contributed by atoms with van der Waals surface area (Å²) < 4.78 is 0. The van der Waals surface area contributed by atoms with E-state index in [0.717, 1.165) is 32.1 Å². The molecule has 484 valence electrons. The Bertz CT molecular complexity index is 1180. The Labute approximate surface area is 510 Å². The number of aliphatic carboxylic acids is 1. The average molecular weight is 1140 g/mol. The normalized spacial score (nSPS) is 13.4. The van der Waals surface area contributed by atoms with Crippen molar-refractivity contribution in [2.45, 2.75) is 463 Å². The van der Waals surface area contributed by atoms with Crippen LogP contribution in [0.25, 0.3) is 0 Å². The molecule has 0 aromatic carbocycles. The predicted molar refractivity (Wildman–Crippen MR) is 362 cm³/mol. The largest absolute Gasteiger partial charge is 0.481 e. The first-order valence-corrected chi connectivity index (χ1v) is 38.2. The summed E-state index contributed by atoms with van der Waals surface area (Å²) in [5.41, 5.74) is 0. The summed E-state index contributed by atoms with van der Waals surface area (Å²) in [6.07, 6.45) is 93.4. The van der Waals surface area contributed by atoms with E-state index in [1.54, 1.807) is 0 Å². The van der Waals surface area contributed by atoms with E-state index >= 15 is 0 Å². The minimum absolute atomic E-state index is 0.0895. The Morgan fingerprint density at radius 3 is 0.679 bits per heavy atom. The minimum Gasteiger partial charge on any atom is -0.481 e. The van der Waals surface area contributed by atoms with Crippen molar-refractivity contribution in [2.75, 3.05) is 0 Å². The van der Waals surface area contributed by atoms with Gasteiger partial charge in [-0.15, -0.1) is 0 Å². The lowest BCUT2D eigenvalue weighted by Gasteiger charge is -2.19. The van der Waals surface area contributed by atoms with E-state index in [4.69, 9.17) is 0 Å². The van der Waals surface area contributed by atoms with Gasteiger partial charge in [-0.3, -0.25) is 4.79 Å². The van der Waals surface area contributed by atoms with E-state index < -0.39 is 18.0 Å². The Balaban J connectivity index is 3.40. The van der Waals surface area contributed by atoms with Crippen LogP contribution < -0.4 is 0 Å². The first-order chi connectivity index (χ1) is 39.9. The van der Waals surface area contributed by atoms with Crippen LogP contribution in [-0.2, 0) is 4.79 Å². The molecule has 4 unspecified atom stereocenters. The van der Waals surface area contributed by atoms with Crippen molar-refractivity contribution in [2.24, 2.45) is 11.8 Å². The highest BCUT2D eigenvalue weighted by Crippen LogP contribution is 2.24. The van der Waals surface area contributed by atoms with Gasteiger partial charge in [0.15, 0.2) is 0 Å². The number of allylic oxidation sites excluding steroid dienone is 2. The quantitative estimate of drug-likeness (QED) is 0.0419. The summed E-state index contributed by atoms with van der Waals surface area (Å²) in [6.45, 7) is 6.88. The Morgan fingerprint density at radius 2 is 0.444 bits per heavy atom. The van der Waals surface area contributed by atoms with Crippen molar-refractivity contribution in [1.29, 1.82) is 0 Å². The summed E-state index contributed by atoms with van der Waals surface area (Å²) in [5.74, 6) is -0.922. The predicted octanol–water partition coefficient (Wildman–Crippen LogP) is 26.8. The zero-order valence-electron chi connectivity index (χ0n) is 56.1. The molecule has 0 bridgehead atoms. The second-order valence-corrected chi connectivity index (χ2v) is 27.1. The number of carbonyl (C=O) groups is 1. The SMILES string of the molecule is CCCCCCCCCCCCCCCCCCCCCCC(C(=O)O)C(O)CCCCCCCCCCCCCCCCCCC/C=C\CCCCCCCCCCC(O)C(C)CCCCCCCCCCCCCCCCCC. The second kappa shape index (κ2) is 69.9. The highest BCUT2D eigenvalue weighted by atomic mass is 16.4. The van der Waals surface area contributed by atoms with Crippen LogP contribution in [-0.4, -0.2) is 33.5 Å². The van der Waals surface area contributed by atoms with Crippen LogP contribution in [0, 0.1) is 11.8 Å². The molecule has 4 heteroatoms. The average Bonchev–Trinajstić information content (AvgIpc) is 3.46. The zero-order valence-corrected chi connectivity index (χ0v) is 56.1. The van der Waals surface area contributed by atoms with Crippen molar-refractivity contribution >= 4 is 5.97 Å². The molecule has 3 N–H and O–H groups in total. The van der Waals surface area contributed by atoms with Gasteiger partial charge in [0.05, 0.1) is 18.1 Å². The summed E-state index contributed by atoms with van der Waals surface area (Å²) in [7, 11) is 0. The molecule has 0 radical (unpaired) electrons. The first-order valence-electron chi connectivity index (χ1n) is 38.2. The van der Waals surface area contributed by atoms with Crippen LogP contribution in [0.3, 0.4) is 0 Å². The second-order valence-electron chi connectivity index (χ2n) is 27.1. The van der Waals surface area contributed by atoms with Crippen LogP contribution in [0.2, 0.25) is 0 Å². The number of aliphatic hydroxyl groups is 2. The van der Waals surface area contributed by atoms with Gasteiger partial charge in [-0.25, -0.2) is 0 Å². The molecule has 0 saturated carbocycles. The molecule has 4 atom stereocenters. The van der Waals surface area contributed by atoms with Gasteiger partial charge in [-0.1, -0.05) is 412 Å². The monoisotopic (exact) mass is 1140 g/mol. The van der Waals surface area contributed by atoms with Crippen LogP contribution in [0.5, 0.6) is 0 Å². The Morgan fingerprint density at radius 1 is 0.259 bits per heavy atom. The molecule has 0 aliphatic carbocycles. The van der Waals surface area contributed by atoms with Gasteiger partial charge in [0, 0.05) is 0 Å². The third kappa shape index (κ3) is 65.0. The highest BCUT2D eigenvalue weighted by molar-refractivity contribution is 5.70. The fraction of sp³-hybridized carbons (Fsp3) is 0.961. The van der Waals surface area contributed by atoms with Crippen molar-refractivity contribution in [3.63, 3.8) is 0 Å². The smallest absolute Gasteiger partial charge is 0.309 e. The third-order valence-corrected chi connectivity index (χ3v) is 19.0. The van der Waals surface area contributed by atoms with Crippen molar-refractivity contribution < 1.29 is 20.1 Å². The number of rotatable bonds is 72. The molecular weight excluding hydrogens is 989 g/mol. The standard InChI is InChI=1S/C77H152O4/c1-4-6-8-10-12-14-16-18-20-22-23-35-38-42-46-50-54-58-62-66-70-74(77(80)81)76(79)72-68-64-60-56-52-48-44-40-37-34-32-30-28-26-24-25-27-29-31-33-36-39-43-47-51-55-59-63-67-71-75(78)73(3)69-65-61-57-53-49-45-41-21-19-17-15-13-11-9-7-5-2/h31,33,73-76,78-79H,4-30,32,34-72H2,1-3H3,(H,80,81)/b33-31-. The van der Waals surface area contributed by atoms with Gasteiger partial charge in [-0.05, 0) is 57.3 Å². The summed E-state index contributed by atoms with van der Waals surface area (Å²) in [5, 5.41) is 31.2. The van der Waals surface area contributed by atoms with Gasteiger partial charge in [0.1, 0.15) is 0 Å². The van der Waals surface area contributed by atoms with Crippen molar-refractivity contribution in [3.8, 4) is 0 Å². The number of carboxylic acid groups (broad SMARTS) is 1. The maximum Gasteiger partial charge on any atom is 0.309 e. The highest BCUT2D eigenvalue weighted by Gasteiger charge is 2.25. The van der Waals surface area contributed by atoms with E-state index in [0.29, 0.717) is 18.8 Å². The number of unbranched alkanes of at least 4 members (excludes halogenated alkanes) is 59. The molecule has 0 aromatic heterocycles. The summed E-state index contributed by atoms with van der Waals surface area (Å²) in [4.78, 5) is 11.9. The Kier molecular flexibility index (Phi) is 69.1. The molecule has 4 nitrogen and oxygen atoms in total. The lowest BCUT2D eigenvalue weighted by atomic mass is 9.91. The van der Waals surface area contributed by atoms with Gasteiger partial charge < -0.3 is 15.3 Å². The fourth-order valence-electron chi connectivity index (χ4n) is 13.0. The van der Waals surface area contributed by atoms with Crippen LogP contribution in [0.15, 0.2) is 12.2 Å². The van der Waals surface area contributed by atoms with E-state index in [-0.39, 0.29) is 6.10 Å². The number of carboxylic acids is 1. The molecule has 0 fully saturated rings. The van der Waals surface area contributed by atoms with Gasteiger partial charge in [0.25, 0.3) is 0 Å². The van der Waals surface area contributed by atoms with E-state index in [1.165, 1.54) is 385 Å².